The van der Waals surface area contributed by atoms with Gasteiger partial charge in [0.15, 0.2) is 22.8 Å². The minimum absolute atomic E-state index is 0. The van der Waals surface area contributed by atoms with Gasteiger partial charge in [-0.05, 0) is 144 Å². The summed E-state index contributed by atoms with van der Waals surface area (Å²) >= 11 is 0. The third-order valence-corrected chi connectivity index (χ3v) is 15.7. The van der Waals surface area contributed by atoms with Crippen LogP contribution in [0.2, 0.25) is 0 Å². The molecular formula is C59H65F7N18. The summed E-state index contributed by atoms with van der Waals surface area (Å²) in [4.78, 5) is 32.0. The smallest absolute Gasteiger partial charge is 0.382 e. The average molecular weight is 1160 g/mol. The van der Waals surface area contributed by atoms with Crippen LogP contribution in [0.3, 0.4) is 0 Å². The fourth-order valence-electron chi connectivity index (χ4n) is 11.0. The standard InChI is InChI=1S/C23H21F3N6.C18H19F3N6.C18H21FN6.2H2/c24-23(25,26)18-8-9-19(29-21(18)20-17-7-4-12-27-22(17)31-30-20)32-13-10-16(11-14-32)28-15-5-2-1-3-6-15;1-22-11-6-9-27(10-7-11)14-5-4-13(18(19,20)21)16(24-14)15-12-3-2-8-23-17(12)26-25-15;1-18(2,20)11-7-9-25(10-11)14-6-5-13(19)16(22-14)15-12-4-3-8-21-17(12)24-23-15;;/h1-9,12,16,28H,10-11,13-14H2,(H,27,30,31);2-5,8,11,22H,6-7,9-10H2,1H3,(H,23,25,26);3-6,8,11H,7,9-10,20H2,1-2H3,(H,21,23,24);2*1H. The number of alkyl halides is 6. The van der Waals surface area contributed by atoms with Crippen molar-refractivity contribution in [2.24, 2.45) is 11.7 Å². The molecule has 440 valence electrons. The molecule has 13 rings (SSSR count). The summed E-state index contributed by atoms with van der Waals surface area (Å²) in [5.41, 5.74) is 7.75. The first-order valence-corrected chi connectivity index (χ1v) is 27.6. The van der Waals surface area contributed by atoms with Gasteiger partial charge in [0.25, 0.3) is 0 Å². The van der Waals surface area contributed by atoms with Gasteiger partial charge in [-0.2, -0.15) is 41.6 Å². The molecule has 7 N–H and O–H groups in total. The Hall–Kier alpha value is -8.84. The van der Waals surface area contributed by atoms with Gasteiger partial charge in [-0.1, -0.05) is 18.2 Å². The molecule has 0 spiro atoms. The average Bonchev–Trinajstić information content (AvgIpc) is 2.79. The Balaban J connectivity index is 0.000000154. The van der Waals surface area contributed by atoms with Gasteiger partial charge in [0.2, 0.25) is 0 Å². The van der Waals surface area contributed by atoms with E-state index in [0.29, 0.717) is 76.1 Å². The fourth-order valence-corrected chi connectivity index (χ4v) is 11.0. The molecule has 0 amide bonds. The highest BCUT2D eigenvalue weighted by Gasteiger charge is 2.38. The summed E-state index contributed by atoms with van der Waals surface area (Å²) in [6.07, 6.45) is 0.292. The number of nitrogens with zero attached hydrogens (tertiary/aromatic N) is 12. The number of fused-ring (bicyclic) bond motifs is 3. The number of H-pyrrole nitrogens is 3. The van der Waals surface area contributed by atoms with E-state index < -0.39 is 23.5 Å². The van der Waals surface area contributed by atoms with Gasteiger partial charge in [-0.25, -0.2) is 34.3 Å². The number of piperidine rings is 2. The first-order chi connectivity index (χ1) is 40.4. The number of nitrogens with one attached hydrogen (secondary N) is 5. The maximum atomic E-state index is 14.4. The third-order valence-electron chi connectivity index (χ3n) is 15.7. The zero-order valence-electron chi connectivity index (χ0n) is 46.1. The second-order valence-electron chi connectivity index (χ2n) is 21.6. The molecule has 0 radical (unpaired) electrons. The van der Waals surface area contributed by atoms with E-state index >= 15 is 0 Å². The molecule has 3 aliphatic rings. The van der Waals surface area contributed by atoms with E-state index in [1.54, 1.807) is 55.0 Å². The first-order valence-electron chi connectivity index (χ1n) is 27.6. The normalized spacial score (nSPS) is 16.5. The lowest BCUT2D eigenvalue weighted by Gasteiger charge is -2.34. The van der Waals surface area contributed by atoms with E-state index in [-0.39, 0.29) is 42.7 Å². The zero-order valence-corrected chi connectivity index (χ0v) is 46.1. The van der Waals surface area contributed by atoms with Gasteiger partial charge in [-0.3, -0.25) is 15.3 Å². The van der Waals surface area contributed by atoms with E-state index in [1.807, 2.05) is 53.2 Å². The molecule has 3 aliphatic heterocycles. The van der Waals surface area contributed by atoms with Crippen LogP contribution in [0.4, 0.5) is 53.9 Å². The Morgan fingerprint density at radius 2 is 0.929 bits per heavy atom. The summed E-state index contributed by atoms with van der Waals surface area (Å²) in [5, 5.41) is 29.0. The lowest BCUT2D eigenvalue weighted by molar-refractivity contribution is -0.138. The molecule has 12 heterocycles. The van der Waals surface area contributed by atoms with Crippen molar-refractivity contribution in [3.8, 4) is 34.2 Å². The van der Waals surface area contributed by atoms with E-state index in [9.17, 15) is 30.7 Å². The number of hydrogen-bond acceptors (Lipinski definition) is 15. The van der Waals surface area contributed by atoms with Crippen LogP contribution in [-0.4, -0.2) is 124 Å². The van der Waals surface area contributed by atoms with E-state index in [4.69, 9.17) is 5.73 Å². The van der Waals surface area contributed by atoms with E-state index in [0.717, 1.165) is 87.3 Å². The molecule has 25 heteroatoms. The molecule has 0 bridgehead atoms. The van der Waals surface area contributed by atoms with Crippen molar-refractivity contribution in [1.29, 1.82) is 0 Å². The predicted octanol–water partition coefficient (Wildman–Crippen LogP) is 11.6. The fraction of sp³-hybridized carbons (Fsp3) is 0.339. The highest BCUT2D eigenvalue weighted by atomic mass is 19.4. The van der Waals surface area contributed by atoms with Gasteiger partial charge in [0, 0.05) is 100 Å². The van der Waals surface area contributed by atoms with Crippen molar-refractivity contribution < 1.29 is 33.6 Å². The van der Waals surface area contributed by atoms with Crippen molar-refractivity contribution >= 4 is 56.2 Å². The molecule has 18 nitrogen and oxygen atoms in total. The van der Waals surface area contributed by atoms with E-state index in [2.05, 4.69) is 89.9 Å². The monoisotopic (exact) mass is 1160 g/mol. The van der Waals surface area contributed by atoms with Crippen LogP contribution in [0.5, 0.6) is 0 Å². The van der Waals surface area contributed by atoms with Crippen molar-refractivity contribution in [1.82, 2.24) is 65.8 Å². The van der Waals surface area contributed by atoms with Crippen molar-refractivity contribution in [3.63, 3.8) is 0 Å². The highest BCUT2D eigenvalue weighted by Crippen LogP contribution is 2.41. The Morgan fingerprint density at radius 1 is 0.512 bits per heavy atom. The number of rotatable bonds is 10. The lowest BCUT2D eigenvalue weighted by atomic mass is 9.88. The molecule has 1 aromatic carbocycles. The van der Waals surface area contributed by atoms with Crippen molar-refractivity contribution in [2.45, 2.75) is 75.9 Å². The van der Waals surface area contributed by atoms with Crippen LogP contribution in [0.25, 0.3) is 67.3 Å². The molecular weight excluding hydrogens is 1090 g/mol. The maximum absolute atomic E-state index is 14.4. The van der Waals surface area contributed by atoms with Crippen molar-refractivity contribution in [3.05, 3.63) is 139 Å². The summed E-state index contributed by atoms with van der Waals surface area (Å²) in [6, 6.07) is 29.4. The predicted molar refractivity (Wildman–Crippen MR) is 314 cm³/mol. The van der Waals surface area contributed by atoms with Crippen LogP contribution in [0, 0.1) is 11.7 Å². The van der Waals surface area contributed by atoms with Crippen LogP contribution in [0.1, 0.15) is 59.9 Å². The number of aromatic nitrogens is 12. The number of para-hydroxylation sites is 1. The van der Waals surface area contributed by atoms with Crippen molar-refractivity contribution in [2.75, 3.05) is 66.3 Å². The van der Waals surface area contributed by atoms with Crippen LogP contribution >= 0.6 is 0 Å². The molecule has 0 saturated carbocycles. The van der Waals surface area contributed by atoms with Gasteiger partial charge in [0.05, 0.1) is 28.2 Å². The van der Waals surface area contributed by atoms with Gasteiger partial charge in [-0.15, -0.1) is 0 Å². The van der Waals surface area contributed by atoms with Crippen LogP contribution in [-0.2, 0) is 12.4 Å². The molecule has 3 fully saturated rings. The number of aromatic amines is 3. The Labute approximate surface area is 480 Å². The van der Waals surface area contributed by atoms with Crippen LogP contribution < -0.4 is 31.1 Å². The minimum Gasteiger partial charge on any atom is -0.382 e. The number of pyridine rings is 6. The third kappa shape index (κ3) is 12.4. The van der Waals surface area contributed by atoms with E-state index in [1.165, 1.54) is 18.2 Å². The maximum Gasteiger partial charge on any atom is 0.418 e. The van der Waals surface area contributed by atoms with Crippen LogP contribution in [0.15, 0.2) is 122 Å². The minimum atomic E-state index is -4.53. The first kappa shape index (κ1) is 57.0. The lowest BCUT2D eigenvalue weighted by Crippen LogP contribution is -2.42. The zero-order chi connectivity index (χ0) is 58.8. The summed E-state index contributed by atoms with van der Waals surface area (Å²) in [7, 11) is 1.92. The second-order valence-corrected chi connectivity index (χ2v) is 21.6. The SMILES string of the molecule is CC(C)(N)C1CCN(c2ccc(F)c(-c3[nH]nc4ncccc34)n2)C1.CNC1CCN(c2ccc(C(F)(F)F)c(-c3[nH]nc4ncccc34)n2)CC1.FC(F)(F)c1ccc(N2CCC(Nc3ccccc3)CC2)nc1-c1[nH]nc2ncccc12.[HH].[HH]. The summed E-state index contributed by atoms with van der Waals surface area (Å²) < 4.78 is 96.5. The molecule has 9 aromatic heterocycles. The number of benzene rings is 1. The van der Waals surface area contributed by atoms with Gasteiger partial charge in [0.1, 0.15) is 34.5 Å². The Morgan fingerprint density at radius 3 is 1.37 bits per heavy atom. The number of halogens is 7. The molecule has 1 unspecified atom stereocenters. The number of nitrogens with two attached hydrogens (primary N) is 1. The molecule has 1 atom stereocenters. The Bertz CT molecular complexity index is 3870. The quantitative estimate of drug-likeness (QED) is 0.0701. The molecule has 84 heavy (non-hydrogen) atoms. The van der Waals surface area contributed by atoms with Gasteiger partial charge < -0.3 is 31.1 Å². The number of anilines is 4. The molecule has 10 aromatic rings. The Kier molecular flexibility index (Phi) is 16.1. The number of hydrogen-bond donors (Lipinski definition) is 6. The second kappa shape index (κ2) is 23.8. The topological polar surface area (TPSA) is 223 Å². The summed E-state index contributed by atoms with van der Waals surface area (Å²) in [6.45, 7) is 8.69. The largest absolute Gasteiger partial charge is 0.418 e. The molecule has 3 saturated heterocycles. The molecule has 0 aliphatic carbocycles. The van der Waals surface area contributed by atoms with Gasteiger partial charge >= 0.3 is 12.4 Å². The summed E-state index contributed by atoms with van der Waals surface area (Å²) in [5.74, 6) is 1.83. The highest BCUT2D eigenvalue weighted by molar-refractivity contribution is 5.92.